The molecule has 0 radical (unpaired) electrons. The summed E-state index contributed by atoms with van der Waals surface area (Å²) >= 11 is 0. The zero-order chi connectivity index (χ0) is 21.7. The van der Waals surface area contributed by atoms with Crippen molar-refractivity contribution >= 4 is 12.2 Å². The van der Waals surface area contributed by atoms with Gasteiger partial charge in [0, 0.05) is 31.8 Å². The largest absolute Gasteiger partial charge is 0.493 e. The van der Waals surface area contributed by atoms with Gasteiger partial charge in [0.25, 0.3) is 0 Å². The standard InChI is InChI=1S/C25H35NO5/c1-28-6-3-7-30-23-11-18(4-5-22(23)29-2)15-26-16-24(27)31-17-25-12-19-8-20(13-25)10-21(9-19)14-25/h4-5,11,15,19-21H,3,6-10,12-14,16-17H2,1-2H3/b26-15+. The second-order valence-corrected chi connectivity index (χ2v) is 9.65. The Bertz CT molecular complexity index is 755. The number of ether oxygens (including phenoxy) is 4. The van der Waals surface area contributed by atoms with Crippen LogP contribution in [-0.2, 0) is 14.3 Å². The summed E-state index contributed by atoms with van der Waals surface area (Å²) in [6.07, 6.45) is 10.4. The van der Waals surface area contributed by atoms with Crippen LogP contribution < -0.4 is 9.47 Å². The lowest BCUT2D eigenvalue weighted by Gasteiger charge is -2.56. The molecule has 4 aliphatic rings. The third-order valence-electron chi connectivity index (χ3n) is 7.10. The summed E-state index contributed by atoms with van der Waals surface area (Å²) in [5, 5.41) is 0. The van der Waals surface area contributed by atoms with Crippen molar-refractivity contribution in [3.8, 4) is 11.5 Å². The summed E-state index contributed by atoms with van der Waals surface area (Å²) in [4.78, 5) is 16.6. The summed E-state index contributed by atoms with van der Waals surface area (Å²) in [5.41, 5.74) is 1.11. The van der Waals surface area contributed by atoms with Crippen LogP contribution in [-0.4, -0.2) is 52.8 Å². The number of nitrogens with zero attached hydrogens (tertiary/aromatic N) is 1. The van der Waals surface area contributed by atoms with Crippen molar-refractivity contribution in [1.82, 2.24) is 0 Å². The smallest absolute Gasteiger partial charge is 0.327 e. The molecule has 4 fully saturated rings. The van der Waals surface area contributed by atoms with Gasteiger partial charge in [0.2, 0.25) is 0 Å². The maximum atomic E-state index is 12.3. The average molecular weight is 430 g/mol. The van der Waals surface area contributed by atoms with Crippen molar-refractivity contribution in [2.75, 3.05) is 40.6 Å². The molecule has 0 aliphatic heterocycles. The fourth-order valence-corrected chi connectivity index (χ4v) is 6.24. The Hall–Kier alpha value is -2.08. The Morgan fingerprint density at radius 2 is 1.77 bits per heavy atom. The number of methoxy groups -OCH3 is 2. The van der Waals surface area contributed by atoms with E-state index >= 15 is 0 Å². The van der Waals surface area contributed by atoms with Gasteiger partial charge in [0.1, 0.15) is 6.54 Å². The maximum absolute atomic E-state index is 12.3. The number of hydrogen-bond donors (Lipinski definition) is 0. The van der Waals surface area contributed by atoms with Gasteiger partial charge in [-0.2, -0.15) is 0 Å². The second kappa shape index (κ2) is 10.0. The number of carbonyl (C=O) groups excluding carboxylic acids is 1. The molecule has 6 heteroatoms. The van der Waals surface area contributed by atoms with Crippen LogP contribution in [0.15, 0.2) is 23.2 Å². The highest BCUT2D eigenvalue weighted by Crippen LogP contribution is 2.60. The molecular formula is C25H35NO5. The van der Waals surface area contributed by atoms with Crippen molar-refractivity contribution in [2.45, 2.75) is 44.9 Å². The van der Waals surface area contributed by atoms with E-state index in [0.717, 1.165) is 29.7 Å². The van der Waals surface area contributed by atoms with Gasteiger partial charge < -0.3 is 18.9 Å². The number of hydrogen-bond acceptors (Lipinski definition) is 6. The van der Waals surface area contributed by atoms with Gasteiger partial charge in [-0.3, -0.25) is 9.79 Å². The van der Waals surface area contributed by atoms with Crippen LogP contribution in [0.5, 0.6) is 11.5 Å². The topological polar surface area (TPSA) is 66.4 Å². The molecule has 4 bridgehead atoms. The Morgan fingerprint density at radius 3 is 2.42 bits per heavy atom. The van der Waals surface area contributed by atoms with Gasteiger partial charge in [-0.05, 0) is 80.0 Å². The molecule has 0 saturated heterocycles. The number of aliphatic imine (C=N–C) groups is 1. The zero-order valence-corrected chi connectivity index (χ0v) is 18.8. The van der Waals surface area contributed by atoms with Crippen molar-refractivity contribution in [1.29, 1.82) is 0 Å². The first kappa shape index (κ1) is 22.1. The number of carbonyl (C=O) groups is 1. The molecule has 1 aromatic carbocycles. The zero-order valence-electron chi connectivity index (χ0n) is 18.8. The minimum atomic E-state index is -0.239. The number of benzene rings is 1. The average Bonchev–Trinajstić information content (AvgIpc) is 2.75. The molecule has 6 nitrogen and oxygen atoms in total. The molecule has 0 unspecified atom stereocenters. The van der Waals surface area contributed by atoms with Crippen molar-refractivity contribution < 1.29 is 23.7 Å². The molecule has 0 amide bonds. The van der Waals surface area contributed by atoms with E-state index in [9.17, 15) is 4.79 Å². The third-order valence-corrected chi connectivity index (χ3v) is 7.10. The van der Waals surface area contributed by atoms with E-state index in [-0.39, 0.29) is 17.9 Å². The van der Waals surface area contributed by atoms with Gasteiger partial charge in [0.15, 0.2) is 11.5 Å². The summed E-state index contributed by atoms with van der Waals surface area (Å²) in [6, 6.07) is 5.61. The van der Waals surface area contributed by atoms with Crippen LogP contribution in [0.25, 0.3) is 0 Å². The van der Waals surface area contributed by atoms with E-state index in [0.29, 0.717) is 31.3 Å². The molecule has 0 spiro atoms. The Morgan fingerprint density at radius 1 is 1.06 bits per heavy atom. The van der Waals surface area contributed by atoms with Crippen LogP contribution in [0.2, 0.25) is 0 Å². The van der Waals surface area contributed by atoms with Crippen LogP contribution in [0, 0.1) is 23.2 Å². The Labute approximate surface area is 185 Å². The fraction of sp³-hybridized carbons (Fsp3) is 0.680. The monoisotopic (exact) mass is 429 g/mol. The first-order valence-corrected chi connectivity index (χ1v) is 11.5. The van der Waals surface area contributed by atoms with Crippen LogP contribution in [0.4, 0.5) is 0 Å². The van der Waals surface area contributed by atoms with Crippen molar-refractivity contribution in [3.05, 3.63) is 23.8 Å². The Balaban J connectivity index is 1.26. The first-order chi connectivity index (χ1) is 15.1. The summed E-state index contributed by atoms with van der Waals surface area (Å²) in [6.45, 7) is 1.81. The van der Waals surface area contributed by atoms with Gasteiger partial charge in [0.05, 0.1) is 20.3 Å². The lowest BCUT2D eigenvalue weighted by Crippen LogP contribution is -2.48. The SMILES string of the molecule is COCCCOc1cc(/C=N/CC(=O)OCC23CC4CC(CC(C4)C2)C3)ccc1OC. The van der Waals surface area contributed by atoms with Crippen LogP contribution >= 0.6 is 0 Å². The lowest BCUT2D eigenvalue weighted by atomic mass is 9.50. The Kier molecular flexibility index (Phi) is 7.16. The van der Waals surface area contributed by atoms with Gasteiger partial charge in [-0.25, -0.2) is 0 Å². The predicted octanol–water partition coefficient (Wildman–Crippen LogP) is 4.29. The summed E-state index contributed by atoms with van der Waals surface area (Å²) in [7, 11) is 3.29. The predicted molar refractivity (Wildman–Crippen MR) is 119 cm³/mol. The van der Waals surface area contributed by atoms with Gasteiger partial charge in [-0.15, -0.1) is 0 Å². The normalized spacial score (nSPS) is 28.8. The molecule has 170 valence electrons. The van der Waals surface area contributed by atoms with E-state index in [1.54, 1.807) is 20.4 Å². The second-order valence-electron chi connectivity index (χ2n) is 9.65. The molecule has 0 atom stereocenters. The number of esters is 1. The minimum Gasteiger partial charge on any atom is -0.493 e. The quantitative estimate of drug-likeness (QED) is 0.298. The molecule has 0 heterocycles. The van der Waals surface area contributed by atoms with Crippen molar-refractivity contribution in [3.63, 3.8) is 0 Å². The molecule has 31 heavy (non-hydrogen) atoms. The summed E-state index contributed by atoms with van der Waals surface area (Å²) < 4.78 is 21.9. The molecule has 4 aliphatic carbocycles. The van der Waals surface area contributed by atoms with Gasteiger partial charge >= 0.3 is 5.97 Å². The molecule has 0 N–H and O–H groups in total. The highest BCUT2D eigenvalue weighted by atomic mass is 16.5. The van der Waals surface area contributed by atoms with E-state index in [4.69, 9.17) is 18.9 Å². The van der Waals surface area contributed by atoms with E-state index in [1.165, 1.54) is 38.5 Å². The highest BCUT2D eigenvalue weighted by molar-refractivity contribution is 5.83. The van der Waals surface area contributed by atoms with Crippen molar-refractivity contribution in [2.24, 2.45) is 28.2 Å². The third kappa shape index (κ3) is 5.59. The number of rotatable bonds is 11. The molecule has 4 saturated carbocycles. The molecule has 1 aromatic rings. The minimum absolute atomic E-state index is 0.0441. The molecule has 0 aromatic heterocycles. The van der Waals surface area contributed by atoms with Crippen LogP contribution in [0.1, 0.15) is 50.5 Å². The van der Waals surface area contributed by atoms with E-state index < -0.39 is 0 Å². The lowest BCUT2D eigenvalue weighted by molar-refractivity contribution is -0.153. The highest BCUT2D eigenvalue weighted by Gasteiger charge is 2.51. The first-order valence-electron chi connectivity index (χ1n) is 11.5. The van der Waals surface area contributed by atoms with E-state index in [2.05, 4.69) is 4.99 Å². The maximum Gasteiger partial charge on any atom is 0.327 e. The molecule has 5 rings (SSSR count). The van der Waals surface area contributed by atoms with E-state index in [1.807, 2.05) is 18.2 Å². The fourth-order valence-electron chi connectivity index (χ4n) is 6.24. The van der Waals surface area contributed by atoms with Gasteiger partial charge in [-0.1, -0.05) is 0 Å². The van der Waals surface area contributed by atoms with Crippen LogP contribution in [0.3, 0.4) is 0 Å². The molecular weight excluding hydrogens is 394 g/mol. The summed E-state index contributed by atoms with van der Waals surface area (Å²) in [5.74, 6) is 3.69.